The lowest BCUT2D eigenvalue weighted by Gasteiger charge is -2.20. The Hall–Kier alpha value is 0.380. The first-order valence-electron chi connectivity index (χ1n) is 6.46. The largest absolute Gasteiger partial charge is 0.250 e. The molecule has 0 atom stereocenters. The Morgan fingerprint density at radius 2 is 1.79 bits per heavy atom. The molecule has 1 aliphatic carbocycles. The van der Waals surface area contributed by atoms with Gasteiger partial charge in [-0.3, -0.25) is 0 Å². The Morgan fingerprint density at radius 1 is 1.21 bits per heavy atom. The SMILES string of the molecule is O=S(=O)(NC1CCCCCCC1)c1cc(Cl)c(Br)s1. The maximum atomic E-state index is 12.3. The minimum Gasteiger partial charge on any atom is -0.207 e. The van der Waals surface area contributed by atoms with Crippen LogP contribution in [0, 0.1) is 0 Å². The van der Waals surface area contributed by atoms with Gasteiger partial charge in [0, 0.05) is 6.04 Å². The number of hydrogen-bond donors (Lipinski definition) is 1. The minimum atomic E-state index is -3.44. The van der Waals surface area contributed by atoms with E-state index in [2.05, 4.69) is 20.7 Å². The number of hydrogen-bond acceptors (Lipinski definition) is 3. The minimum absolute atomic E-state index is 0.0601. The zero-order valence-corrected chi connectivity index (χ0v) is 14.5. The van der Waals surface area contributed by atoms with Gasteiger partial charge in [-0.05, 0) is 34.8 Å². The van der Waals surface area contributed by atoms with Crippen LogP contribution >= 0.6 is 38.9 Å². The predicted molar refractivity (Wildman–Crippen MR) is 83.5 cm³/mol. The van der Waals surface area contributed by atoms with Crippen molar-refractivity contribution in [2.75, 3.05) is 0 Å². The van der Waals surface area contributed by atoms with Crippen LogP contribution in [0.5, 0.6) is 0 Å². The lowest BCUT2D eigenvalue weighted by Crippen LogP contribution is -2.34. The van der Waals surface area contributed by atoms with Crippen molar-refractivity contribution >= 4 is 48.9 Å². The lowest BCUT2D eigenvalue weighted by molar-refractivity contribution is 0.427. The van der Waals surface area contributed by atoms with E-state index in [0.717, 1.165) is 37.0 Å². The summed E-state index contributed by atoms with van der Waals surface area (Å²) in [5, 5.41) is 0.447. The Kier molecular flexibility index (Phi) is 5.72. The average Bonchev–Trinajstić information content (AvgIpc) is 2.64. The van der Waals surface area contributed by atoms with E-state index in [-0.39, 0.29) is 10.3 Å². The molecule has 1 saturated carbocycles. The van der Waals surface area contributed by atoms with Gasteiger partial charge in [0.2, 0.25) is 10.0 Å². The first-order chi connectivity index (χ1) is 8.99. The van der Waals surface area contributed by atoms with Crippen molar-refractivity contribution in [2.24, 2.45) is 0 Å². The van der Waals surface area contributed by atoms with Crippen molar-refractivity contribution in [3.63, 3.8) is 0 Å². The summed E-state index contributed by atoms with van der Waals surface area (Å²) in [6.07, 6.45) is 7.74. The summed E-state index contributed by atoms with van der Waals surface area (Å²) in [5.41, 5.74) is 0. The van der Waals surface area contributed by atoms with Crippen molar-refractivity contribution in [1.82, 2.24) is 4.72 Å². The van der Waals surface area contributed by atoms with Gasteiger partial charge in [0.25, 0.3) is 0 Å². The van der Waals surface area contributed by atoms with Gasteiger partial charge in [0.15, 0.2) is 0 Å². The van der Waals surface area contributed by atoms with E-state index in [9.17, 15) is 8.42 Å². The molecule has 1 heterocycles. The molecule has 0 aromatic carbocycles. The Balaban J connectivity index is 2.07. The highest BCUT2D eigenvalue weighted by atomic mass is 79.9. The van der Waals surface area contributed by atoms with Gasteiger partial charge in [-0.2, -0.15) is 0 Å². The number of thiophene rings is 1. The summed E-state index contributed by atoms with van der Waals surface area (Å²) < 4.78 is 28.3. The highest BCUT2D eigenvalue weighted by molar-refractivity contribution is 9.11. The van der Waals surface area contributed by atoms with Crippen molar-refractivity contribution in [3.05, 3.63) is 14.9 Å². The molecule has 19 heavy (non-hydrogen) atoms. The summed E-state index contributed by atoms with van der Waals surface area (Å²) in [6.45, 7) is 0. The molecule has 0 bridgehead atoms. The molecule has 0 spiro atoms. The molecule has 1 fully saturated rings. The van der Waals surface area contributed by atoms with Gasteiger partial charge in [-0.1, -0.05) is 43.7 Å². The summed E-state index contributed by atoms with van der Waals surface area (Å²) in [5.74, 6) is 0. The first-order valence-corrected chi connectivity index (χ1v) is 9.93. The second-order valence-electron chi connectivity index (χ2n) is 4.85. The smallest absolute Gasteiger partial charge is 0.207 e. The molecular formula is C12H17BrClNO2S2. The molecule has 1 aromatic rings. The van der Waals surface area contributed by atoms with Gasteiger partial charge < -0.3 is 0 Å². The van der Waals surface area contributed by atoms with E-state index >= 15 is 0 Å². The van der Waals surface area contributed by atoms with Gasteiger partial charge >= 0.3 is 0 Å². The van der Waals surface area contributed by atoms with Gasteiger partial charge in [-0.25, -0.2) is 13.1 Å². The van der Waals surface area contributed by atoms with Crippen LogP contribution in [0.1, 0.15) is 44.9 Å². The molecule has 3 nitrogen and oxygen atoms in total. The lowest BCUT2D eigenvalue weighted by atomic mass is 9.97. The summed E-state index contributed by atoms with van der Waals surface area (Å²) >= 11 is 10.3. The zero-order valence-electron chi connectivity index (χ0n) is 10.5. The van der Waals surface area contributed by atoms with E-state index in [1.54, 1.807) is 0 Å². The monoisotopic (exact) mass is 385 g/mol. The standard InChI is InChI=1S/C12H17BrClNO2S2/c13-12-10(14)8-11(18-12)19(16,17)15-9-6-4-2-1-3-5-7-9/h8-9,15H,1-7H2. The van der Waals surface area contributed by atoms with Crippen molar-refractivity contribution < 1.29 is 8.42 Å². The van der Waals surface area contributed by atoms with Crippen LogP contribution in [0.25, 0.3) is 0 Å². The van der Waals surface area contributed by atoms with Crippen LogP contribution in [0.15, 0.2) is 14.1 Å². The highest BCUT2D eigenvalue weighted by Gasteiger charge is 2.23. The van der Waals surface area contributed by atoms with Crippen LogP contribution < -0.4 is 4.72 Å². The summed E-state index contributed by atoms with van der Waals surface area (Å²) in [6, 6.07) is 1.56. The van der Waals surface area contributed by atoms with Crippen LogP contribution in [-0.4, -0.2) is 14.5 Å². The number of halogens is 2. The second kappa shape index (κ2) is 6.89. The Morgan fingerprint density at radius 3 is 2.32 bits per heavy atom. The fourth-order valence-corrected chi connectivity index (χ4v) is 6.03. The van der Waals surface area contributed by atoms with E-state index in [0.29, 0.717) is 8.81 Å². The molecule has 0 amide bonds. The van der Waals surface area contributed by atoms with E-state index in [4.69, 9.17) is 11.6 Å². The van der Waals surface area contributed by atoms with E-state index in [1.807, 2.05) is 0 Å². The third-order valence-corrected chi connectivity index (χ3v) is 7.78. The number of sulfonamides is 1. The van der Waals surface area contributed by atoms with Crippen LogP contribution in [-0.2, 0) is 10.0 Å². The highest BCUT2D eigenvalue weighted by Crippen LogP contribution is 2.34. The maximum absolute atomic E-state index is 12.3. The molecule has 1 aromatic heterocycles. The predicted octanol–water partition coefficient (Wildman–Crippen LogP) is 4.56. The van der Waals surface area contributed by atoms with Gasteiger partial charge in [0.05, 0.1) is 8.81 Å². The van der Waals surface area contributed by atoms with Crippen LogP contribution in [0.3, 0.4) is 0 Å². The third-order valence-electron chi connectivity index (χ3n) is 3.31. The molecule has 108 valence electrons. The van der Waals surface area contributed by atoms with Crippen molar-refractivity contribution in [1.29, 1.82) is 0 Å². The summed E-state index contributed by atoms with van der Waals surface area (Å²) in [4.78, 5) is 0. The maximum Gasteiger partial charge on any atom is 0.250 e. The zero-order chi connectivity index (χ0) is 13.9. The fourth-order valence-electron chi connectivity index (χ4n) is 2.31. The van der Waals surface area contributed by atoms with Gasteiger partial charge in [0.1, 0.15) is 4.21 Å². The van der Waals surface area contributed by atoms with Crippen molar-refractivity contribution in [3.8, 4) is 0 Å². The average molecular weight is 387 g/mol. The Bertz CT molecular complexity index is 502. The molecule has 1 aliphatic rings. The van der Waals surface area contributed by atoms with E-state index < -0.39 is 10.0 Å². The number of nitrogens with one attached hydrogen (secondary N) is 1. The molecule has 2 rings (SSSR count). The van der Waals surface area contributed by atoms with Gasteiger partial charge in [-0.15, -0.1) is 11.3 Å². The molecule has 0 unspecified atom stereocenters. The molecule has 0 saturated heterocycles. The molecule has 1 N–H and O–H groups in total. The molecule has 0 radical (unpaired) electrons. The molecular weight excluding hydrogens is 370 g/mol. The van der Waals surface area contributed by atoms with Crippen LogP contribution in [0.4, 0.5) is 0 Å². The first kappa shape index (κ1) is 15.8. The topological polar surface area (TPSA) is 46.2 Å². The normalized spacial score (nSPS) is 19.1. The fraction of sp³-hybridized carbons (Fsp3) is 0.667. The number of rotatable bonds is 3. The Labute approximate surface area is 131 Å². The third kappa shape index (κ3) is 4.43. The second-order valence-corrected chi connectivity index (χ2v) is 9.57. The van der Waals surface area contributed by atoms with Crippen molar-refractivity contribution in [2.45, 2.75) is 55.2 Å². The quantitative estimate of drug-likeness (QED) is 0.828. The summed E-state index contributed by atoms with van der Waals surface area (Å²) in [7, 11) is -3.44. The molecule has 0 aliphatic heterocycles. The molecule has 7 heteroatoms. The van der Waals surface area contributed by atoms with Crippen LogP contribution in [0.2, 0.25) is 5.02 Å². The van der Waals surface area contributed by atoms with E-state index in [1.165, 1.54) is 25.3 Å².